The van der Waals surface area contributed by atoms with Crippen LogP contribution < -0.4 is 4.74 Å². The van der Waals surface area contributed by atoms with Crippen molar-refractivity contribution in [3.05, 3.63) is 72.3 Å². The highest BCUT2D eigenvalue weighted by molar-refractivity contribution is 5.87. The second kappa shape index (κ2) is 7.29. The summed E-state index contributed by atoms with van der Waals surface area (Å²) in [6.07, 6.45) is 4.38. The predicted molar refractivity (Wildman–Crippen MR) is 111 cm³/mol. The molecule has 0 amide bonds. The summed E-state index contributed by atoms with van der Waals surface area (Å²) in [7, 11) is 1.65. The van der Waals surface area contributed by atoms with Gasteiger partial charge in [-0.2, -0.15) is 0 Å². The minimum absolute atomic E-state index is 0.183. The number of hydrogen-bond acceptors (Lipinski definition) is 5. The summed E-state index contributed by atoms with van der Waals surface area (Å²) in [5, 5.41) is 9.78. The molecular weight excluding hydrogens is 364 g/mol. The van der Waals surface area contributed by atoms with E-state index in [2.05, 4.69) is 37.7 Å². The number of hydrogen-bond donors (Lipinski definition) is 1. The molecule has 0 bridgehead atoms. The number of imidazole rings is 1. The molecule has 146 valence electrons. The number of methoxy groups -OCH3 is 1. The molecular formula is C23H22N4O2. The van der Waals surface area contributed by atoms with E-state index in [0.717, 1.165) is 41.1 Å². The summed E-state index contributed by atoms with van der Waals surface area (Å²) in [6.45, 7) is 0.963. The highest BCUT2D eigenvalue weighted by atomic mass is 16.5. The van der Waals surface area contributed by atoms with Gasteiger partial charge in [-0.1, -0.05) is 24.3 Å². The number of aliphatic hydroxyl groups is 1. The smallest absolute Gasteiger partial charge is 0.163 e. The number of aromatic nitrogens is 4. The molecule has 0 radical (unpaired) electrons. The zero-order valence-corrected chi connectivity index (χ0v) is 16.2. The normalized spacial score (nSPS) is 18.1. The van der Waals surface area contributed by atoms with Gasteiger partial charge in [-0.05, 0) is 41.8 Å². The Morgan fingerprint density at radius 3 is 2.48 bits per heavy atom. The monoisotopic (exact) mass is 386 g/mol. The molecule has 1 N–H and O–H groups in total. The van der Waals surface area contributed by atoms with Crippen LogP contribution in [0.5, 0.6) is 5.75 Å². The Hall–Kier alpha value is -3.25. The van der Waals surface area contributed by atoms with E-state index in [4.69, 9.17) is 4.74 Å². The summed E-state index contributed by atoms with van der Waals surface area (Å²) in [4.78, 5) is 13.6. The van der Waals surface area contributed by atoms with Gasteiger partial charge in [0.05, 0.1) is 13.4 Å². The quantitative estimate of drug-likeness (QED) is 0.565. The molecule has 6 heteroatoms. The first-order chi connectivity index (χ1) is 14.3. The number of ether oxygens (including phenoxy) is 1. The lowest BCUT2D eigenvalue weighted by atomic mass is 10.0. The standard InChI is InChI=1S/C23H22N4O2/c1-29-18-8-6-15(7-9-18)21-22-23(25-13-24-21)27(14-26-22)11-16-10-17(12-28)20-5-3-2-4-19(16)20/h2-9,13-14,16-17,28H,10-12H2,1H3/t16-,17+/m0/s1. The molecule has 0 spiro atoms. The van der Waals surface area contributed by atoms with Crippen LogP contribution in [0, 0.1) is 0 Å². The first-order valence-corrected chi connectivity index (χ1v) is 9.78. The second-order valence-electron chi connectivity index (χ2n) is 7.46. The molecule has 1 aliphatic carbocycles. The molecule has 4 aromatic rings. The SMILES string of the molecule is COc1ccc(-c2ncnc3c2ncn3C[C@@H]2C[C@H](CO)c3ccccc32)cc1. The third-order valence-corrected chi connectivity index (χ3v) is 5.85. The van der Waals surface area contributed by atoms with Crippen LogP contribution in [0.15, 0.2) is 61.2 Å². The zero-order valence-electron chi connectivity index (χ0n) is 16.2. The van der Waals surface area contributed by atoms with Crippen LogP contribution in [0.4, 0.5) is 0 Å². The van der Waals surface area contributed by atoms with Crippen molar-refractivity contribution in [1.82, 2.24) is 19.5 Å². The summed E-state index contributed by atoms with van der Waals surface area (Å²) in [5.41, 5.74) is 6.00. The summed E-state index contributed by atoms with van der Waals surface area (Å²) < 4.78 is 7.35. The van der Waals surface area contributed by atoms with E-state index in [1.54, 1.807) is 13.4 Å². The third kappa shape index (κ3) is 3.06. The van der Waals surface area contributed by atoms with E-state index >= 15 is 0 Å². The van der Waals surface area contributed by atoms with E-state index < -0.39 is 0 Å². The fourth-order valence-corrected chi connectivity index (χ4v) is 4.41. The predicted octanol–water partition coefficient (Wildman–Crippen LogP) is 3.77. The average molecular weight is 386 g/mol. The van der Waals surface area contributed by atoms with Crippen molar-refractivity contribution in [2.24, 2.45) is 0 Å². The van der Waals surface area contributed by atoms with Crippen LogP contribution in [0.3, 0.4) is 0 Å². The molecule has 5 rings (SSSR count). The van der Waals surface area contributed by atoms with Crippen molar-refractivity contribution in [2.75, 3.05) is 13.7 Å². The summed E-state index contributed by atoms with van der Waals surface area (Å²) >= 11 is 0. The van der Waals surface area contributed by atoms with Gasteiger partial charge in [0.1, 0.15) is 23.3 Å². The van der Waals surface area contributed by atoms with Crippen molar-refractivity contribution in [3.63, 3.8) is 0 Å². The van der Waals surface area contributed by atoms with E-state index in [9.17, 15) is 5.11 Å². The van der Waals surface area contributed by atoms with Crippen molar-refractivity contribution in [3.8, 4) is 17.0 Å². The zero-order chi connectivity index (χ0) is 19.8. The molecule has 29 heavy (non-hydrogen) atoms. The van der Waals surface area contributed by atoms with Gasteiger partial charge in [-0.3, -0.25) is 0 Å². The van der Waals surface area contributed by atoms with Gasteiger partial charge < -0.3 is 14.4 Å². The lowest BCUT2D eigenvalue weighted by Gasteiger charge is -2.13. The first kappa shape index (κ1) is 17.8. The number of fused-ring (bicyclic) bond motifs is 2. The molecule has 0 fully saturated rings. The van der Waals surface area contributed by atoms with Gasteiger partial charge in [0.15, 0.2) is 5.65 Å². The van der Waals surface area contributed by atoms with Crippen molar-refractivity contribution in [1.29, 1.82) is 0 Å². The Morgan fingerprint density at radius 1 is 1.00 bits per heavy atom. The number of benzene rings is 2. The van der Waals surface area contributed by atoms with Crippen molar-refractivity contribution < 1.29 is 9.84 Å². The maximum absolute atomic E-state index is 9.78. The van der Waals surface area contributed by atoms with Gasteiger partial charge >= 0.3 is 0 Å². The van der Waals surface area contributed by atoms with Gasteiger partial charge in [0.2, 0.25) is 0 Å². The Kier molecular flexibility index (Phi) is 4.48. The highest BCUT2D eigenvalue weighted by Gasteiger charge is 2.30. The largest absolute Gasteiger partial charge is 0.497 e. The van der Waals surface area contributed by atoms with Crippen LogP contribution in [-0.4, -0.2) is 38.3 Å². The molecule has 1 aliphatic rings. The second-order valence-corrected chi connectivity index (χ2v) is 7.46. The number of aliphatic hydroxyl groups excluding tert-OH is 1. The number of nitrogens with zero attached hydrogens (tertiary/aromatic N) is 4. The minimum Gasteiger partial charge on any atom is -0.497 e. The van der Waals surface area contributed by atoms with Gasteiger partial charge in [0, 0.05) is 30.6 Å². The third-order valence-electron chi connectivity index (χ3n) is 5.85. The molecule has 2 atom stereocenters. The molecule has 2 aromatic heterocycles. The maximum atomic E-state index is 9.78. The van der Waals surface area contributed by atoms with Crippen LogP contribution in [0.25, 0.3) is 22.4 Å². The van der Waals surface area contributed by atoms with Gasteiger partial charge in [-0.15, -0.1) is 0 Å². The first-order valence-electron chi connectivity index (χ1n) is 9.78. The Labute approximate surface area is 168 Å². The molecule has 0 saturated heterocycles. The Bertz CT molecular complexity index is 1150. The van der Waals surface area contributed by atoms with E-state index in [-0.39, 0.29) is 12.5 Å². The van der Waals surface area contributed by atoms with Crippen LogP contribution in [0.1, 0.15) is 29.4 Å². The van der Waals surface area contributed by atoms with Crippen LogP contribution in [-0.2, 0) is 6.54 Å². The molecule has 0 unspecified atom stereocenters. The molecule has 0 aliphatic heterocycles. The fourth-order valence-electron chi connectivity index (χ4n) is 4.41. The summed E-state index contributed by atoms with van der Waals surface area (Å²) in [6, 6.07) is 16.2. The molecule has 2 heterocycles. The minimum atomic E-state index is 0.183. The summed E-state index contributed by atoms with van der Waals surface area (Å²) in [5.74, 6) is 1.35. The lowest BCUT2D eigenvalue weighted by Crippen LogP contribution is -2.07. The number of rotatable bonds is 5. The molecule has 6 nitrogen and oxygen atoms in total. The maximum Gasteiger partial charge on any atom is 0.163 e. The van der Waals surface area contributed by atoms with Gasteiger partial charge in [0.25, 0.3) is 0 Å². The van der Waals surface area contributed by atoms with Crippen LogP contribution in [0.2, 0.25) is 0 Å². The lowest BCUT2D eigenvalue weighted by molar-refractivity contribution is 0.259. The van der Waals surface area contributed by atoms with E-state index in [0.29, 0.717) is 5.92 Å². The average Bonchev–Trinajstić information content (AvgIpc) is 3.36. The van der Waals surface area contributed by atoms with Crippen molar-refractivity contribution in [2.45, 2.75) is 24.8 Å². The van der Waals surface area contributed by atoms with E-state index in [1.165, 1.54) is 11.1 Å². The van der Waals surface area contributed by atoms with Crippen molar-refractivity contribution >= 4 is 11.2 Å². The Morgan fingerprint density at radius 2 is 1.76 bits per heavy atom. The fraction of sp³-hybridized carbons (Fsp3) is 0.261. The Balaban J connectivity index is 1.50. The molecule has 2 aromatic carbocycles. The van der Waals surface area contributed by atoms with Gasteiger partial charge in [-0.25, -0.2) is 15.0 Å². The molecule has 0 saturated carbocycles. The highest BCUT2D eigenvalue weighted by Crippen LogP contribution is 2.42. The topological polar surface area (TPSA) is 73.1 Å². The van der Waals surface area contributed by atoms with E-state index in [1.807, 2.05) is 36.7 Å². The van der Waals surface area contributed by atoms with Crippen LogP contribution >= 0.6 is 0 Å².